The average Bonchev–Trinajstić information content (AvgIpc) is 3.29. The summed E-state index contributed by atoms with van der Waals surface area (Å²) in [5, 5.41) is 9.54. The number of nitrogen functional groups attached to an aromatic ring is 2. The average molecular weight is 518 g/mol. The SMILES string of the molecule is Nc1nc2nc(SCc3cccc(Oc4ccccc4)c3)nc(N)c2s1.OCCCc1ccccc1. The fraction of sp³-hybridized carbons (Fsp3) is 0.148. The van der Waals surface area contributed by atoms with E-state index in [0.717, 1.165) is 34.6 Å². The van der Waals surface area contributed by atoms with Crippen molar-refractivity contribution in [1.29, 1.82) is 0 Å². The molecule has 5 N–H and O–H groups in total. The molecule has 3 aromatic carbocycles. The van der Waals surface area contributed by atoms with Crippen LogP contribution in [-0.4, -0.2) is 26.7 Å². The van der Waals surface area contributed by atoms with Gasteiger partial charge in [-0.15, -0.1) is 0 Å². The third kappa shape index (κ3) is 7.42. The van der Waals surface area contributed by atoms with Gasteiger partial charge >= 0.3 is 0 Å². The number of fused-ring (bicyclic) bond motifs is 1. The van der Waals surface area contributed by atoms with Crippen LogP contribution in [0.1, 0.15) is 17.5 Å². The van der Waals surface area contributed by atoms with Crippen molar-refractivity contribution in [1.82, 2.24) is 15.0 Å². The zero-order chi connectivity index (χ0) is 25.2. The Morgan fingerprint density at radius 2 is 1.50 bits per heavy atom. The molecule has 36 heavy (non-hydrogen) atoms. The van der Waals surface area contributed by atoms with Gasteiger partial charge in [0.05, 0.1) is 0 Å². The first-order valence-electron chi connectivity index (χ1n) is 11.4. The standard InChI is InChI=1S/C18H15N5OS2.C9H12O/c19-15-14-16(22-17(20)26-14)23-18(21-15)25-10-11-5-4-8-13(9-11)24-12-6-2-1-3-7-12;10-8-4-7-9-5-2-1-3-6-9/h1-9H,10H2,(H4,19,20,21,22,23);1-3,5-6,10H,4,7-8H2. The molecule has 0 bridgehead atoms. The fourth-order valence-electron chi connectivity index (χ4n) is 3.30. The molecule has 7 nitrogen and oxygen atoms in total. The molecular weight excluding hydrogens is 490 g/mol. The molecule has 184 valence electrons. The van der Waals surface area contributed by atoms with E-state index in [1.165, 1.54) is 28.7 Å². The molecule has 2 heterocycles. The molecule has 9 heteroatoms. The predicted molar refractivity (Wildman–Crippen MR) is 148 cm³/mol. The summed E-state index contributed by atoms with van der Waals surface area (Å²) in [6, 6.07) is 27.8. The van der Waals surface area contributed by atoms with Gasteiger partial charge in [-0.2, -0.15) is 0 Å². The zero-order valence-electron chi connectivity index (χ0n) is 19.6. The quantitative estimate of drug-likeness (QED) is 0.171. The van der Waals surface area contributed by atoms with Crippen LogP contribution < -0.4 is 16.2 Å². The van der Waals surface area contributed by atoms with Gasteiger partial charge in [-0.1, -0.05) is 83.8 Å². The second-order valence-corrected chi connectivity index (χ2v) is 9.73. The van der Waals surface area contributed by atoms with Crippen molar-refractivity contribution in [3.63, 3.8) is 0 Å². The summed E-state index contributed by atoms with van der Waals surface area (Å²) in [7, 11) is 0. The number of benzene rings is 3. The predicted octanol–water partition coefficient (Wildman–Crippen LogP) is 5.95. The van der Waals surface area contributed by atoms with Crippen molar-refractivity contribution in [2.75, 3.05) is 18.1 Å². The maximum Gasteiger partial charge on any atom is 0.191 e. The normalized spacial score (nSPS) is 10.6. The molecule has 0 aliphatic rings. The van der Waals surface area contributed by atoms with Crippen LogP contribution in [0.4, 0.5) is 10.9 Å². The van der Waals surface area contributed by atoms with Crippen LogP contribution in [-0.2, 0) is 12.2 Å². The van der Waals surface area contributed by atoms with Gasteiger partial charge in [0.25, 0.3) is 0 Å². The maximum absolute atomic E-state index is 8.53. The van der Waals surface area contributed by atoms with Crippen molar-refractivity contribution in [3.8, 4) is 11.5 Å². The van der Waals surface area contributed by atoms with Gasteiger partial charge in [0.1, 0.15) is 22.0 Å². The molecule has 0 amide bonds. The molecule has 0 saturated heterocycles. The van der Waals surface area contributed by atoms with Gasteiger partial charge in [-0.3, -0.25) is 0 Å². The molecule has 0 radical (unpaired) electrons. The van der Waals surface area contributed by atoms with Crippen LogP contribution in [0.25, 0.3) is 10.3 Å². The third-order valence-corrected chi connectivity index (χ3v) is 6.80. The number of rotatable bonds is 8. The molecule has 0 spiro atoms. The second-order valence-electron chi connectivity index (χ2n) is 7.76. The first-order chi connectivity index (χ1) is 17.6. The van der Waals surface area contributed by atoms with E-state index in [0.29, 0.717) is 27.5 Å². The fourth-order valence-corrected chi connectivity index (χ4v) is 4.77. The van der Waals surface area contributed by atoms with E-state index in [-0.39, 0.29) is 6.61 Å². The summed E-state index contributed by atoms with van der Waals surface area (Å²) in [5.41, 5.74) is 14.6. The number of para-hydroxylation sites is 1. The van der Waals surface area contributed by atoms with Gasteiger partial charge in [0.2, 0.25) is 0 Å². The number of nitrogens with two attached hydrogens (primary N) is 2. The largest absolute Gasteiger partial charge is 0.457 e. The van der Waals surface area contributed by atoms with Crippen molar-refractivity contribution in [3.05, 3.63) is 96.1 Å². The highest BCUT2D eigenvalue weighted by atomic mass is 32.2. The summed E-state index contributed by atoms with van der Waals surface area (Å²) < 4.78 is 6.59. The number of ether oxygens (including phenoxy) is 1. The third-order valence-electron chi connectivity index (χ3n) is 4.99. The Morgan fingerprint density at radius 1 is 0.806 bits per heavy atom. The van der Waals surface area contributed by atoms with Gasteiger partial charge in [-0.05, 0) is 48.2 Å². The lowest BCUT2D eigenvalue weighted by Gasteiger charge is -2.07. The Morgan fingerprint density at radius 3 is 2.25 bits per heavy atom. The number of hydrogen-bond acceptors (Lipinski definition) is 9. The van der Waals surface area contributed by atoms with Crippen LogP contribution in [0.15, 0.2) is 90.1 Å². The number of hydrogen-bond donors (Lipinski definition) is 3. The van der Waals surface area contributed by atoms with E-state index in [1.54, 1.807) is 0 Å². The number of thioether (sulfide) groups is 1. The smallest absolute Gasteiger partial charge is 0.191 e. The molecule has 5 rings (SSSR count). The van der Waals surface area contributed by atoms with Crippen LogP contribution in [0.3, 0.4) is 0 Å². The first kappa shape index (κ1) is 25.4. The highest BCUT2D eigenvalue weighted by Crippen LogP contribution is 2.30. The molecule has 0 saturated carbocycles. The molecule has 0 atom stereocenters. The van der Waals surface area contributed by atoms with Crippen molar-refractivity contribution in [2.24, 2.45) is 0 Å². The monoisotopic (exact) mass is 517 g/mol. The van der Waals surface area contributed by atoms with Crippen molar-refractivity contribution < 1.29 is 9.84 Å². The molecule has 2 aromatic heterocycles. The molecule has 0 aliphatic heterocycles. The van der Waals surface area contributed by atoms with Gasteiger partial charge in [0, 0.05) is 12.4 Å². The number of aryl methyl sites for hydroxylation is 1. The number of nitrogens with zero attached hydrogens (tertiary/aromatic N) is 3. The van der Waals surface area contributed by atoms with E-state index in [4.69, 9.17) is 21.3 Å². The Bertz CT molecular complexity index is 1380. The molecule has 0 aliphatic carbocycles. The second kappa shape index (κ2) is 12.9. The van der Waals surface area contributed by atoms with Crippen LogP contribution >= 0.6 is 23.1 Å². The molecular formula is C27H27N5O2S2. The zero-order valence-corrected chi connectivity index (χ0v) is 21.2. The minimum atomic E-state index is 0.287. The summed E-state index contributed by atoms with van der Waals surface area (Å²) in [6.07, 6.45) is 1.85. The van der Waals surface area contributed by atoms with E-state index in [2.05, 4.69) is 27.1 Å². The number of aromatic nitrogens is 3. The number of anilines is 2. The first-order valence-corrected chi connectivity index (χ1v) is 13.2. The highest BCUT2D eigenvalue weighted by molar-refractivity contribution is 7.98. The van der Waals surface area contributed by atoms with Crippen molar-refractivity contribution >= 4 is 44.4 Å². The van der Waals surface area contributed by atoms with Gasteiger partial charge < -0.3 is 21.3 Å². The van der Waals surface area contributed by atoms with E-state index in [1.807, 2.05) is 72.8 Å². The molecule has 0 unspecified atom stereocenters. The van der Waals surface area contributed by atoms with E-state index < -0.39 is 0 Å². The summed E-state index contributed by atoms with van der Waals surface area (Å²) in [6.45, 7) is 0.287. The lowest BCUT2D eigenvalue weighted by molar-refractivity contribution is 0.288. The Hall–Kier alpha value is -3.66. The lowest BCUT2D eigenvalue weighted by Crippen LogP contribution is -1.96. The van der Waals surface area contributed by atoms with Gasteiger partial charge in [0.15, 0.2) is 15.9 Å². The molecule has 0 fully saturated rings. The number of aliphatic hydroxyl groups is 1. The van der Waals surface area contributed by atoms with E-state index in [9.17, 15) is 0 Å². The summed E-state index contributed by atoms with van der Waals surface area (Å²) in [5.74, 6) is 2.70. The minimum Gasteiger partial charge on any atom is -0.457 e. The van der Waals surface area contributed by atoms with Crippen LogP contribution in [0, 0.1) is 0 Å². The number of thiazole rings is 1. The lowest BCUT2D eigenvalue weighted by atomic mass is 10.1. The molecule has 5 aromatic rings. The highest BCUT2D eigenvalue weighted by Gasteiger charge is 2.11. The summed E-state index contributed by atoms with van der Waals surface area (Å²) in [4.78, 5) is 12.9. The van der Waals surface area contributed by atoms with Crippen LogP contribution in [0.2, 0.25) is 0 Å². The van der Waals surface area contributed by atoms with E-state index >= 15 is 0 Å². The Balaban J connectivity index is 0.000000256. The Labute approximate surface area is 218 Å². The van der Waals surface area contributed by atoms with Gasteiger partial charge in [-0.25, -0.2) is 15.0 Å². The van der Waals surface area contributed by atoms with Crippen molar-refractivity contribution in [2.45, 2.75) is 23.8 Å². The topological polar surface area (TPSA) is 120 Å². The Kier molecular flexibility index (Phi) is 9.09. The summed E-state index contributed by atoms with van der Waals surface area (Å²) >= 11 is 2.79. The number of aliphatic hydroxyl groups excluding tert-OH is 1. The minimum absolute atomic E-state index is 0.287. The van der Waals surface area contributed by atoms with Crippen LogP contribution in [0.5, 0.6) is 11.5 Å². The maximum atomic E-state index is 8.53.